The molecule has 1 aromatic heterocycles. The van der Waals surface area contributed by atoms with E-state index in [9.17, 15) is 14.9 Å². The quantitative estimate of drug-likeness (QED) is 0.595. The Bertz CT molecular complexity index is 736. The molecule has 0 atom stereocenters. The largest absolute Gasteiger partial charge is 0.478 e. The second kappa shape index (κ2) is 6.19. The highest BCUT2D eigenvalue weighted by molar-refractivity contribution is 9.10. The molecule has 2 aromatic rings. The van der Waals surface area contributed by atoms with E-state index in [0.29, 0.717) is 4.47 Å². The molecule has 0 fully saturated rings. The van der Waals surface area contributed by atoms with Crippen molar-refractivity contribution in [2.24, 2.45) is 0 Å². The molecule has 0 saturated carbocycles. The maximum atomic E-state index is 11.2. The van der Waals surface area contributed by atoms with Crippen LogP contribution in [0.15, 0.2) is 39.4 Å². The van der Waals surface area contributed by atoms with Crippen molar-refractivity contribution in [3.8, 4) is 11.6 Å². The summed E-state index contributed by atoms with van der Waals surface area (Å²) in [6.07, 6.45) is 1.03. The van der Waals surface area contributed by atoms with Gasteiger partial charge in [0.25, 0.3) is 5.69 Å². The van der Waals surface area contributed by atoms with Crippen LogP contribution in [0.3, 0.4) is 0 Å². The summed E-state index contributed by atoms with van der Waals surface area (Å²) < 4.78 is 6.24. The number of aromatic nitrogens is 1. The zero-order valence-corrected chi connectivity index (χ0v) is 13.3. The maximum absolute atomic E-state index is 11.2. The van der Waals surface area contributed by atoms with E-state index >= 15 is 0 Å². The Balaban J connectivity index is 2.39. The Morgan fingerprint density at radius 3 is 2.62 bits per heavy atom. The molecule has 1 N–H and O–H groups in total. The molecule has 0 spiro atoms. The van der Waals surface area contributed by atoms with Crippen LogP contribution < -0.4 is 4.74 Å². The number of hydrogen-bond acceptors (Lipinski definition) is 5. The minimum Gasteiger partial charge on any atom is -0.478 e. The van der Waals surface area contributed by atoms with Crippen molar-refractivity contribution in [3.63, 3.8) is 0 Å². The van der Waals surface area contributed by atoms with Crippen molar-refractivity contribution < 1.29 is 19.6 Å². The van der Waals surface area contributed by atoms with E-state index in [-0.39, 0.29) is 27.4 Å². The zero-order chi connectivity index (χ0) is 15.6. The summed E-state index contributed by atoms with van der Waals surface area (Å²) in [6.45, 7) is 0. The lowest BCUT2D eigenvalue weighted by molar-refractivity contribution is -0.385. The van der Waals surface area contributed by atoms with Crippen molar-refractivity contribution >= 4 is 43.5 Å². The van der Waals surface area contributed by atoms with E-state index in [4.69, 9.17) is 9.84 Å². The molecule has 9 heteroatoms. The van der Waals surface area contributed by atoms with Gasteiger partial charge in [-0.1, -0.05) is 15.9 Å². The number of pyridine rings is 1. The fraction of sp³-hybridized carbons (Fsp3) is 0. The highest BCUT2D eigenvalue weighted by Crippen LogP contribution is 2.32. The minimum absolute atomic E-state index is 0.0328. The first-order valence-corrected chi connectivity index (χ1v) is 6.97. The van der Waals surface area contributed by atoms with E-state index in [1.54, 1.807) is 6.07 Å². The first kappa shape index (κ1) is 15.4. The van der Waals surface area contributed by atoms with Crippen molar-refractivity contribution in [3.05, 3.63) is 55.1 Å². The molecule has 0 aliphatic heterocycles. The van der Waals surface area contributed by atoms with Gasteiger partial charge in [0.05, 0.1) is 9.40 Å². The van der Waals surface area contributed by atoms with E-state index in [1.807, 2.05) is 0 Å². The number of ether oxygens (including phenoxy) is 1. The second-order valence-corrected chi connectivity index (χ2v) is 5.56. The normalized spacial score (nSPS) is 10.2. The van der Waals surface area contributed by atoms with Crippen LogP contribution in [0.2, 0.25) is 0 Å². The van der Waals surface area contributed by atoms with Crippen LogP contribution in [0.1, 0.15) is 10.4 Å². The van der Waals surface area contributed by atoms with E-state index in [2.05, 4.69) is 36.8 Å². The number of aromatic carboxylic acids is 1. The Kier molecular flexibility index (Phi) is 4.53. The van der Waals surface area contributed by atoms with Gasteiger partial charge in [0.2, 0.25) is 5.88 Å². The van der Waals surface area contributed by atoms with Crippen molar-refractivity contribution in [2.75, 3.05) is 0 Å². The Hall–Kier alpha value is -2.00. The molecule has 0 aliphatic rings. The third kappa shape index (κ3) is 3.56. The number of hydrogen-bond donors (Lipinski definition) is 1. The van der Waals surface area contributed by atoms with Gasteiger partial charge in [0.1, 0.15) is 17.5 Å². The van der Waals surface area contributed by atoms with Gasteiger partial charge in [-0.3, -0.25) is 10.1 Å². The summed E-state index contributed by atoms with van der Waals surface area (Å²) in [4.78, 5) is 25.0. The first-order valence-electron chi connectivity index (χ1n) is 5.39. The summed E-state index contributed by atoms with van der Waals surface area (Å²) in [5.41, 5.74) is -0.264. The average molecular weight is 418 g/mol. The van der Waals surface area contributed by atoms with Crippen molar-refractivity contribution in [1.82, 2.24) is 4.98 Å². The number of carboxylic acids is 1. The molecule has 0 unspecified atom stereocenters. The van der Waals surface area contributed by atoms with Crippen molar-refractivity contribution in [2.45, 2.75) is 0 Å². The van der Waals surface area contributed by atoms with Crippen LogP contribution in [0.5, 0.6) is 11.6 Å². The molecular weight excluding hydrogens is 412 g/mol. The highest BCUT2D eigenvalue weighted by Gasteiger charge is 2.16. The molecule has 2 rings (SSSR count). The predicted molar refractivity (Wildman–Crippen MR) is 79.8 cm³/mol. The van der Waals surface area contributed by atoms with Crippen LogP contribution in [0.25, 0.3) is 0 Å². The molecule has 0 aliphatic carbocycles. The van der Waals surface area contributed by atoms with Crippen molar-refractivity contribution in [1.29, 1.82) is 0 Å². The number of carbonyl (C=O) groups is 1. The molecule has 1 heterocycles. The minimum atomic E-state index is -1.16. The van der Waals surface area contributed by atoms with E-state index in [1.165, 1.54) is 18.2 Å². The van der Waals surface area contributed by atoms with Gasteiger partial charge >= 0.3 is 5.97 Å². The number of carboxylic acid groups (broad SMARTS) is 1. The van der Waals surface area contributed by atoms with Crippen LogP contribution in [0.4, 0.5) is 5.69 Å². The van der Waals surface area contributed by atoms with Gasteiger partial charge in [-0.2, -0.15) is 0 Å². The van der Waals surface area contributed by atoms with E-state index < -0.39 is 10.9 Å². The van der Waals surface area contributed by atoms with Gasteiger partial charge in [0.15, 0.2) is 0 Å². The molecule has 0 radical (unpaired) electrons. The summed E-state index contributed by atoms with van der Waals surface area (Å²) in [5, 5.41) is 19.8. The van der Waals surface area contributed by atoms with Gasteiger partial charge < -0.3 is 9.84 Å². The Morgan fingerprint density at radius 1 is 1.33 bits per heavy atom. The summed E-state index contributed by atoms with van der Waals surface area (Å²) in [5.74, 6) is -1.05. The summed E-state index contributed by atoms with van der Waals surface area (Å²) in [6, 6.07) is 5.68. The third-order valence-corrected chi connectivity index (χ3v) is 3.44. The fourth-order valence-electron chi connectivity index (χ4n) is 1.45. The predicted octanol–water partition coefficient (Wildman–Crippen LogP) is 4.01. The lowest BCUT2D eigenvalue weighted by atomic mass is 10.2. The molecule has 0 saturated heterocycles. The van der Waals surface area contributed by atoms with Gasteiger partial charge in [-0.05, 0) is 34.1 Å². The molecule has 108 valence electrons. The average Bonchev–Trinajstić information content (AvgIpc) is 2.42. The third-order valence-electron chi connectivity index (χ3n) is 2.38. The van der Waals surface area contributed by atoms with Crippen LogP contribution in [-0.4, -0.2) is 21.0 Å². The molecule has 0 bridgehead atoms. The Morgan fingerprint density at radius 2 is 2.05 bits per heavy atom. The summed E-state index contributed by atoms with van der Waals surface area (Å²) in [7, 11) is 0. The topological polar surface area (TPSA) is 103 Å². The number of nitro groups is 1. The molecule has 7 nitrogen and oxygen atoms in total. The number of rotatable bonds is 4. The first-order chi connectivity index (χ1) is 9.88. The summed E-state index contributed by atoms with van der Waals surface area (Å²) >= 11 is 6.27. The SMILES string of the molecule is O=C(O)c1cc(Br)ccc1Oc1ncc([N+](=O)[O-])cc1Br. The van der Waals surface area contributed by atoms with Gasteiger partial charge in [0, 0.05) is 10.5 Å². The maximum Gasteiger partial charge on any atom is 0.339 e. The standard InChI is InChI=1S/C12H6Br2N2O5/c13-6-1-2-10(8(3-6)12(17)18)21-11-9(14)4-7(5-15-11)16(19)20/h1-5H,(H,17,18). The highest BCUT2D eigenvalue weighted by atomic mass is 79.9. The molecule has 0 amide bonds. The lowest BCUT2D eigenvalue weighted by Gasteiger charge is -2.09. The number of benzene rings is 1. The Labute approximate surface area is 135 Å². The van der Waals surface area contributed by atoms with Gasteiger partial charge in [-0.15, -0.1) is 0 Å². The van der Waals surface area contributed by atoms with Gasteiger partial charge in [-0.25, -0.2) is 9.78 Å². The monoisotopic (exact) mass is 416 g/mol. The number of halogens is 2. The smallest absolute Gasteiger partial charge is 0.339 e. The van der Waals surface area contributed by atoms with Crippen LogP contribution in [-0.2, 0) is 0 Å². The molecule has 1 aromatic carbocycles. The van der Waals surface area contributed by atoms with Crippen LogP contribution in [0, 0.1) is 10.1 Å². The fourth-order valence-corrected chi connectivity index (χ4v) is 2.23. The molecule has 21 heavy (non-hydrogen) atoms. The number of nitrogens with zero attached hydrogens (tertiary/aromatic N) is 2. The van der Waals surface area contributed by atoms with E-state index in [0.717, 1.165) is 6.20 Å². The second-order valence-electron chi connectivity index (χ2n) is 3.79. The molecular formula is C12H6Br2N2O5. The van der Waals surface area contributed by atoms with Crippen LogP contribution >= 0.6 is 31.9 Å². The zero-order valence-electron chi connectivity index (χ0n) is 10.1. The lowest BCUT2D eigenvalue weighted by Crippen LogP contribution is -2.01.